The molecule has 0 radical (unpaired) electrons. The normalized spacial score (nSPS) is 22.0. The summed E-state index contributed by atoms with van der Waals surface area (Å²) < 4.78 is 5.71. The second-order valence-corrected chi connectivity index (χ2v) is 7.59. The van der Waals surface area contributed by atoms with E-state index in [1.165, 1.54) is 24.9 Å². The molecule has 0 saturated carbocycles. The first kappa shape index (κ1) is 18.2. The number of nitrogens with one attached hydrogen (secondary N) is 1. The van der Waals surface area contributed by atoms with Crippen molar-refractivity contribution in [3.63, 3.8) is 0 Å². The monoisotopic (exact) mass is 355 g/mol. The summed E-state index contributed by atoms with van der Waals surface area (Å²) >= 11 is 3.47. The zero-order valence-electron chi connectivity index (χ0n) is 13.4. The SMILES string of the molecule is CC(C)(C)OC=O.CC1(c2ccc(Br)cc2)CCCNC1. The van der Waals surface area contributed by atoms with Gasteiger partial charge >= 0.3 is 0 Å². The minimum atomic E-state index is -0.318. The van der Waals surface area contributed by atoms with Crippen molar-refractivity contribution < 1.29 is 9.53 Å². The highest BCUT2D eigenvalue weighted by Gasteiger charge is 2.28. The summed E-state index contributed by atoms with van der Waals surface area (Å²) in [4.78, 5) is 9.60. The molecule has 1 heterocycles. The van der Waals surface area contributed by atoms with Crippen LogP contribution in [0.15, 0.2) is 28.7 Å². The molecule has 21 heavy (non-hydrogen) atoms. The first-order valence-electron chi connectivity index (χ1n) is 7.35. The maximum absolute atomic E-state index is 9.60. The molecule has 1 unspecified atom stereocenters. The van der Waals surface area contributed by atoms with Gasteiger partial charge in [0.1, 0.15) is 5.60 Å². The van der Waals surface area contributed by atoms with Crippen molar-refractivity contribution in [3.05, 3.63) is 34.3 Å². The first-order chi connectivity index (χ1) is 9.77. The van der Waals surface area contributed by atoms with E-state index in [1.807, 2.05) is 20.8 Å². The molecule has 0 amide bonds. The molecule has 1 aliphatic rings. The van der Waals surface area contributed by atoms with Crippen LogP contribution in [0.3, 0.4) is 0 Å². The van der Waals surface area contributed by atoms with Gasteiger partial charge in [-0.05, 0) is 57.9 Å². The average Bonchev–Trinajstić information content (AvgIpc) is 2.39. The number of hydrogen-bond donors (Lipinski definition) is 1. The highest BCUT2D eigenvalue weighted by Crippen LogP contribution is 2.31. The summed E-state index contributed by atoms with van der Waals surface area (Å²) in [6, 6.07) is 8.73. The van der Waals surface area contributed by atoms with Crippen LogP contribution in [0.4, 0.5) is 0 Å². The van der Waals surface area contributed by atoms with Crippen LogP contribution in [-0.4, -0.2) is 25.2 Å². The Morgan fingerprint density at radius 1 is 1.29 bits per heavy atom. The lowest BCUT2D eigenvalue weighted by atomic mass is 9.77. The second kappa shape index (κ2) is 7.95. The van der Waals surface area contributed by atoms with Crippen LogP contribution in [0.1, 0.15) is 46.1 Å². The minimum Gasteiger partial charge on any atom is -0.462 e. The molecule has 1 saturated heterocycles. The Balaban J connectivity index is 0.000000270. The Labute approximate surface area is 136 Å². The van der Waals surface area contributed by atoms with E-state index in [1.54, 1.807) is 0 Å². The summed E-state index contributed by atoms with van der Waals surface area (Å²) in [6.07, 6.45) is 2.58. The van der Waals surface area contributed by atoms with Crippen LogP contribution in [0.5, 0.6) is 0 Å². The average molecular weight is 356 g/mol. The molecular weight excluding hydrogens is 330 g/mol. The third kappa shape index (κ3) is 6.62. The molecular formula is C17H26BrNO2. The molecule has 1 aromatic rings. The van der Waals surface area contributed by atoms with Gasteiger partial charge in [-0.2, -0.15) is 0 Å². The quantitative estimate of drug-likeness (QED) is 0.813. The molecule has 0 bridgehead atoms. The smallest absolute Gasteiger partial charge is 0.293 e. The maximum atomic E-state index is 9.60. The van der Waals surface area contributed by atoms with Gasteiger partial charge in [0.05, 0.1) is 0 Å². The summed E-state index contributed by atoms with van der Waals surface area (Å²) in [5, 5.41) is 3.48. The van der Waals surface area contributed by atoms with E-state index >= 15 is 0 Å². The van der Waals surface area contributed by atoms with Crippen molar-refractivity contribution in [2.24, 2.45) is 0 Å². The Hall–Kier alpha value is -0.870. The number of benzene rings is 1. The molecule has 1 aromatic carbocycles. The fraction of sp³-hybridized carbons (Fsp3) is 0.588. The Morgan fingerprint density at radius 3 is 2.29 bits per heavy atom. The predicted octanol–water partition coefficient (Wildman–Crippen LogP) is 4.05. The van der Waals surface area contributed by atoms with Gasteiger partial charge in [-0.1, -0.05) is 35.0 Å². The van der Waals surface area contributed by atoms with Crippen LogP contribution in [0.25, 0.3) is 0 Å². The van der Waals surface area contributed by atoms with Crippen LogP contribution in [0, 0.1) is 0 Å². The molecule has 1 aliphatic heterocycles. The molecule has 4 heteroatoms. The number of carbonyl (C=O) groups is 1. The summed E-state index contributed by atoms with van der Waals surface area (Å²) in [6.45, 7) is 10.5. The zero-order valence-corrected chi connectivity index (χ0v) is 15.0. The third-order valence-electron chi connectivity index (χ3n) is 3.54. The van der Waals surface area contributed by atoms with Gasteiger partial charge in [-0.3, -0.25) is 4.79 Å². The van der Waals surface area contributed by atoms with Crippen molar-refractivity contribution >= 4 is 22.4 Å². The molecule has 0 aromatic heterocycles. The summed E-state index contributed by atoms with van der Waals surface area (Å²) in [7, 11) is 0. The van der Waals surface area contributed by atoms with Gasteiger partial charge in [0.15, 0.2) is 0 Å². The molecule has 0 spiro atoms. The van der Waals surface area contributed by atoms with Crippen LogP contribution >= 0.6 is 15.9 Å². The third-order valence-corrected chi connectivity index (χ3v) is 4.07. The standard InChI is InChI=1S/C12H16BrN.C5H10O2/c1-12(7-2-8-14-9-12)10-3-5-11(13)6-4-10;1-5(2,3)7-4-6/h3-6,14H,2,7-9H2,1H3;4H,1-3H3. The topological polar surface area (TPSA) is 38.3 Å². The van der Waals surface area contributed by atoms with Crippen molar-refractivity contribution in [1.82, 2.24) is 5.32 Å². The van der Waals surface area contributed by atoms with Crippen LogP contribution < -0.4 is 5.32 Å². The lowest BCUT2D eigenvalue weighted by Gasteiger charge is -2.34. The van der Waals surface area contributed by atoms with E-state index in [4.69, 9.17) is 0 Å². The molecule has 0 aliphatic carbocycles. The number of hydrogen-bond acceptors (Lipinski definition) is 3. The van der Waals surface area contributed by atoms with Crippen molar-refractivity contribution in [3.8, 4) is 0 Å². The number of rotatable bonds is 2. The Morgan fingerprint density at radius 2 is 1.90 bits per heavy atom. The fourth-order valence-electron chi connectivity index (χ4n) is 2.30. The lowest BCUT2D eigenvalue weighted by molar-refractivity contribution is -0.138. The van der Waals surface area contributed by atoms with Gasteiger partial charge in [0.25, 0.3) is 6.47 Å². The van der Waals surface area contributed by atoms with E-state index < -0.39 is 0 Å². The molecule has 2 rings (SSSR count). The van der Waals surface area contributed by atoms with E-state index in [-0.39, 0.29) is 5.60 Å². The van der Waals surface area contributed by atoms with Crippen molar-refractivity contribution in [1.29, 1.82) is 0 Å². The largest absolute Gasteiger partial charge is 0.462 e. The van der Waals surface area contributed by atoms with Crippen molar-refractivity contribution in [2.75, 3.05) is 13.1 Å². The highest BCUT2D eigenvalue weighted by molar-refractivity contribution is 9.10. The van der Waals surface area contributed by atoms with Gasteiger partial charge in [0.2, 0.25) is 0 Å². The molecule has 118 valence electrons. The highest BCUT2D eigenvalue weighted by atomic mass is 79.9. The van der Waals surface area contributed by atoms with Crippen LogP contribution in [-0.2, 0) is 14.9 Å². The van der Waals surface area contributed by atoms with E-state index in [2.05, 4.69) is 57.2 Å². The van der Waals surface area contributed by atoms with E-state index in [9.17, 15) is 4.79 Å². The lowest BCUT2D eigenvalue weighted by Crippen LogP contribution is -2.41. The van der Waals surface area contributed by atoms with E-state index in [0.717, 1.165) is 11.0 Å². The van der Waals surface area contributed by atoms with E-state index in [0.29, 0.717) is 11.9 Å². The number of carbonyl (C=O) groups excluding carboxylic acids is 1. The summed E-state index contributed by atoms with van der Waals surface area (Å²) in [5.41, 5.74) is 1.47. The molecule has 1 fully saturated rings. The van der Waals surface area contributed by atoms with Crippen molar-refractivity contribution in [2.45, 2.75) is 51.6 Å². The van der Waals surface area contributed by atoms with Crippen LogP contribution in [0.2, 0.25) is 0 Å². The van der Waals surface area contributed by atoms with Gasteiger partial charge in [-0.25, -0.2) is 0 Å². The number of piperidine rings is 1. The minimum absolute atomic E-state index is 0.318. The molecule has 3 nitrogen and oxygen atoms in total. The molecule has 1 atom stereocenters. The first-order valence-corrected chi connectivity index (χ1v) is 8.14. The fourth-order valence-corrected chi connectivity index (χ4v) is 2.56. The second-order valence-electron chi connectivity index (χ2n) is 6.67. The van der Waals surface area contributed by atoms with Gasteiger partial charge in [-0.15, -0.1) is 0 Å². The van der Waals surface area contributed by atoms with Gasteiger partial charge < -0.3 is 10.1 Å². The Bertz CT molecular complexity index is 431. The number of halogens is 1. The predicted molar refractivity (Wildman–Crippen MR) is 90.5 cm³/mol. The zero-order chi connectivity index (χ0) is 15.9. The maximum Gasteiger partial charge on any atom is 0.293 e. The summed E-state index contributed by atoms with van der Waals surface area (Å²) in [5.74, 6) is 0. The molecule has 1 N–H and O–H groups in total. The number of ether oxygens (including phenoxy) is 1. The Kier molecular flexibility index (Phi) is 6.88. The van der Waals surface area contributed by atoms with Gasteiger partial charge in [0, 0.05) is 16.4 Å².